The molecule has 0 N–H and O–H groups in total. The van der Waals surface area contributed by atoms with E-state index in [0.717, 1.165) is 16.5 Å². The van der Waals surface area contributed by atoms with Crippen LogP contribution in [0.3, 0.4) is 0 Å². The zero-order valence-electron chi connectivity index (χ0n) is 9.07. The van der Waals surface area contributed by atoms with Gasteiger partial charge in [-0.2, -0.15) is 4.99 Å². The maximum atomic E-state index is 10.3. The molecule has 16 heavy (non-hydrogen) atoms. The van der Waals surface area contributed by atoms with Crippen LogP contribution in [0, 0.1) is 0 Å². The van der Waals surface area contributed by atoms with Crippen LogP contribution in [-0.2, 0) is 11.8 Å². The summed E-state index contributed by atoms with van der Waals surface area (Å²) in [6, 6.07) is 5.51. The third-order valence-corrected chi connectivity index (χ3v) is 2.92. The van der Waals surface area contributed by atoms with Crippen molar-refractivity contribution in [1.29, 1.82) is 0 Å². The second-order valence-corrected chi connectivity index (χ2v) is 4.19. The number of carbonyl (C=O) groups excluding carboxylic acids is 1. The number of halogens is 1. The zero-order valence-corrected chi connectivity index (χ0v) is 9.82. The summed E-state index contributed by atoms with van der Waals surface area (Å²) in [5.74, 6) is 0. The predicted octanol–water partition coefficient (Wildman–Crippen LogP) is 3.23. The summed E-state index contributed by atoms with van der Waals surface area (Å²) in [6.45, 7) is 1.87. The molecule has 0 aliphatic rings. The molecule has 2 rings (SSSR count). The van der Waals surface area contributed by atoms with Crippen LogP contribution in [0.25, 0.3) is 10.9 Å². The van der Waals surface area contributed by atoms with Crippen molar-refractivity contribution in [1.82, 2.24) is 4.57 Å². The second kappa shape index (κ2) is 4.12. The average Bonchev–Trinajstić information content (AvgIpc) is 2.56. The second-order valence-electron chi connectivity index (χ2n) is 3.75. The Morgan fingerprint density at radius 1 is 1.50 bits per heavy atom. The highest BCUT2D eigenvalue weighted by Gasteiger charge is 2.12. The number of aryl methyl sites for hydroxylation is 1. The summed E-state index contributed by atoms with van der Waals surface area (Å²) in [7, 11) is 1.94. The fourth-order valence-corrected chi connectivity index (χ4v) is 2.04. The van der Waals surface area contributed by atoms with Crippen molar-refractivity contribution in [2.24, 2.45) is 12.0 Å². The van der Waals surface area contributed by atoms with Gasteiger partial charge in [0.25, 0.3) is 0 Å². The SMILES string of the molecule is CC(N=C=O)c1cn(C)c2cc(Cl)ccc12. The van der Waals surface area contributed by atoms with E-state index in [1.54, 1.807) is 6.08 Å². The van der Waals surface area contributed by atoms with Crippen molar-refractivity contribution in [3.63, 3.8) is 0 Å². The molecule has 0 amide bonds. The van der Waals surface area contributed by atoms with Gasteiger partial charge in [0.2, 0.25) is 6.08 Å². The van der Waals surface area contributed by atoms with Crippen molar-refractivity contribution in [3.05, 3.63) is 35.0 Å². The standard InChI is InChI=1S/C12H11ClN2O/c1-8(14-7-16)11-6-15(2)12-5-9(13)3-4-10(11)12/h3-6,8H,1-2H3. The highest BCUT2D eigenvalue weighted by atomic mass is 35.5. The Morgan fingerprint density at radius 2 is 2.25 bits per heavy atom. The van der Waals surface area contributed by atoms with E-state index < -0.39 is 0 Å². The van der Waals surface area contributed by atoms with Crippen LogP contribution in [-0.4, -0.2) is 10.6 Å². The summed E-state index contributed by atoms with van der Waals surface area (Å²) in [5.41, 5.74) is 2.05. The summed E-state index contributed by atoms with van der Waals surface area (Å²) >= 11 is 5.94. The normalized spacial score (nSPS) is 12.4. The van der Waals surface area contributed by atoms with Gasteiger partial charge in [-0.15, -0.1) is 0 Å². The number of benzene rings is 1. The van der Waals surface area contributed by atoms with E-state index in [1.165, 1.54) is 0 Å². The quantitative estimate of drug-likeness (QED) is 0.580. The maximum absolute atomic E-state index is 10.3. The lowest BCUT2D eigenvalue weighted by Crippen LogP contribution is -1.87. The summed E-state index contributed by atoms with van der Waals surface area (Å²) in [6.07, 6.45) is 3.56. The first-order chi connectivity index (χ1) is 7.63. The highest BCUT2D eigenvalue weighted by Crippen LogP contribution is 2.29. The molecule has 0 saturated heterocycles. The van der Waals surface area contributed by atoms with Crippen molar-refractivity contribution < 1.29 is 4.79 Å². The number of isocyanates is 1. The Morgan fingerprint density at radius 3 is 2.94 bits per heavy atom. The van der Waals surface area contributed by atoms with E-state index >= 15 is 0 Å². The van der Waals surface area contributed by atoms with Crippen LogP contribution < -0.4 is 0 Å². The number of nitrogens with zero attached hydrogens (tertiary/aromatic N) is 2. The minimum absolute atomic E-state index is 0.178. The van der Waals surface area contributed by atoms with E-state index in [0.29, 0.717) is 5.02 Å². The van der Waals surface area contributed by atoms with E-state index in [2.05, 4.69) is 4.99 Å². The smallest absolute Gasteiger partial charge is 0.235 e. The molecule has 0 aliphatic heterocycles. The van der Waals surface area contributed by atoms with Gasteiger partial charge >= 0.3 is 0 Å². The van der Waals surface area contributed by atoms with E-state index in [-0.39, 0.29) is 6.04 Å². The molecule has 1 aromatic carbocycles. The molecule has 0 saturated carbocycles. The van der Waals surface area contributed by atoms with Crippen LogP contribution in [0.15, 0.2) is 29.4 Å². The van der Waals surface area contributed by atoms with E-state index in [1.807, 2.05) is 42.9 Å². The fourth-order valence-electron chi connectivity index (χ4n) is 1.87. The van der Waals surface area contributed by atoms with Gasteiger partial charge in [-0.3, -0.25) is 0 Å². The number of aromatic nitrogens is 1. The molecule has 4 heteroatoms. The third-order valence-electron chi connectivity index (χ3n) is 2.68. The molecule has 0 aliphatic carbocycles. The van der Waals surface area contributed by atoms with Gasteiger partial charge in [-0.25, -0.2) is 4.79 Å². The van der Waals surface area contributed by atoms with Crippen LogP contribution in [0.5, 0.6) is 0 Å². The van der Waals surface area contributed by atoms with Gasteiger partial charge in [-0.05, 0) is 19.1 Å². The van der Waals surface area contributed by atoms with Crippen LogP contribution in [0.2, 0.25) is 5.02 Å². The highest BCUT2D eigenvalue weighted by molar-refractivity contribution is 6.31. The zero-order chi connectivity index (χ0) is 11.7. The van der Waals surface area contributed by atoms with Crippen molar-refractivity contribution in [2.45, 2.75) is 13.0 Å². The predicted molar refractivity (Wildman–Crippen MR) is 64.5 cm³/mol. The molecule has 0 fully saturated rings. The monoisotopic (exact) mass is 234 g/mol. The molecule has 1 atom stereocenters. The molecule has 2 aromatic rings. The molecule has 1 aromatic heterocycles. The number of fused-ring (bicyclic) bond motifs is 1. The molecular formula is C12H11ClN2O. The summed E-state index contributed by atoms with van der Waals surface area (Å²) in [5, 5.41) is 1.77. The Hall–Kier alpha value is -1.57. The van der Waals surface area contributed by atoms with Crippen molar-refractivity contribution in [2.75, 3.05) is 0 Å². The van der Waals surface area contributed by atoms with Gasteiger partial charge in [0.05, 0.1) is 6.04 Å². The van der Waals surface area contributed by atoms with E-state index in [4.69, 9.17) is 11.6 Å². The van der Waals surface area contributed by atoms with Crippen LogP contribution >= 0.6 is 11.6 Å². The minimum atomic E-state index is -0.178. The minimum Gasteiger partial charge on any atom is -0.350 e. The lowest BCUT2D eigenvalue weighted by atomic mass is 10.1. The van der Waals surface area contributed by atoms with Gasteiger partial charge in [0.15, 0.2) is 0 Å². The average molecular weight is 235 g/mol. The van der Waals surface area contributed by atoms with Crippen molar-refractivity contribution >= 4 is 28.6 Å². The number of aliphatic imine (C=N–C) groups is 1. The molecule has 1 heterocycles. The Bertz CT molecular complexity index is 582. The van der Waals surface area contributed by atoms with Gasteiger partial charge in [0.1, 0.15) is 0 Å². The first kappa shape index (κ1) is 10.9. The first-order valence-electron chi connectivity index (χ1n) is 4.95. The molecule has 0 spiro atoms. The molecule has 0 radical (unpaired) electrons. The number of rotatable bonds is 2. The first-order valence-corrected chi connectivity index (χ1v) is 5.32. The number of hydrogen-bond acceptors (Lipinski definition) is 2. The van der Waals surface area contributed by atoms with E-state index in [9.17, 15) is 4.79 Å². The van der Waals surface area contributed by atoms with Gasteiger partial charge < -0.3 is 4.57 Å². The molecule has 82 valence electrons. The topological polar surface area (TPSA) is 34.4 Å². The molecule has 3 nitrogen and oxygen atoms in total. The lowest BCUT2D eigenvalue weighted by Gasteiger charge is -2.01. The van der Waals surface area contributed by atoms with Gasteiger partial charge in [0, 0.05) is 34.7 Å². The van der Waals surface area contributed by atoms with Crippen molar-refractivity contribution in [3.8, 4) is 0 Å². The molecular weight excluding hydrogens is 224 g/mol. The van der Waals surface area contributed by atoms with Crippen LogP contribution in [0.4, 0.5) is 0 Å². The Labute approximate surface area is 98.4 Å². The Kier molecular flexibility index (Phi) is 2.82. The summed E-state index contributed by atoms with van der Waals surface area (Å²) in [4.78, 5) is 14.0. The molecule has 1 unspecified atom stereocenters. The largest absolute Gasteiger partial charge is 0.350 e. The third kappa shape index (κ3) is 1.75. The maximum Gasteiger partial charge on any atom is 0.235 e. The van der Waals surface area contributed by atoms with Gasteiger partial charge in [-0.1, -0.05) is 17.7 Å². The number of hydrogen-bond donors (Lipinski definition) is 0. The fraction of sp³-hybridized carbons (Fsp3) is 0.250. The molecule has 0 bridgehead atoms. The van der Waals surface area contributed by atoms with Crippen LogP contribution in [0.1, 0.15) is 18.5 Å². The Balaban J connectivity index is 2.68. The lowest BCUT2D eigenvalue weighted by molar-refractivity contribution is 0.559. The summed E-state index contributed by atoms with van der Waals surface area (Å²) < 4.78 is 1.98.